The molecule has 0 aromatic carbocycles. The Morgan fingerprint density at radius 3 is 2.75 bits per heavy atom. The highest BCUT2D eigenvalue weighted by molar-refractivity contribution is 5.94. The van der Waals surface area contributed by atoms with Gasteiger partial charge in [0, 0.05) is 55.1 Å². The molecule has 4 heterocycles. The molecular formula is C27H31N7O2. The number of hydrogen-bond donors (Lipinski definition) is 3. The zero-order chi connectivity index (χ0) is 25.1. The largest absolute Gasteiger partial charge is 0.359 e. The number of ketones is 1. The van der Waals surface area contributed by atoms with Gasteiger partial charge in [-0.05, 0) is 62.4 Å². The fourth-order valence-corrected chi connectivity index (χ4v) is 5.83. The molecule has 1 saturated carbocycles. The van der Waals surface area contributed by atoms with Gasteiger partial charge in [0.05, 0.1) is 17.6 Å². The first-order chi connectivity index (χ1) is 17.5. The second kappa shape index (κ2) is 10.1. The van der Waals surface area contributed by atoms with E-state index in [1.165, 1.54) is 6.92 Å². The summed E-state index contributed by atoms with van der Waals surface area (Å²) < 4.78 is 0. The van der Waals surface area contributed by atoms with Crippen molar-refractivity contribution in [3.8, 4) is 11.4 Å². The van der Waals surface area contributed by atoms with Crippen molar-refractivity contribution in [1.82, 2.24) is 30.6 Å². The van der Waals surface area contributed by atoms with Crippen molar-refractivity contribution < 1.29 is 9.59 Å². The number of carbonyl (C=O) groups is 2. The van der Waals surface area contributed by atoms with Crippen LogP contribution in [-0.4, -0.2) is 51.8 Å². The maximum absolute atomic E-state index is 13.2. The third-order valence-electron chi connectivity index (χ3n) is 7.57. The van der Waals surface area contributed by atoms with Gasteiger partial charge in [-0.2, -0.15) is 0 Å². The zero-order valence-electron chi connectivity index (χ0n) is 20.6. The highest BCUT2D eigenvalue weighted by atomic mass is 16.1. The van der Waals surface area contributed by atoms with E-state index >= 15 is 0 Å². The number of aromatic nitrogens is 4. The summed E-state index contributed by atoms with van der Waals surface area (Å²) in [5.41, 5.74) is 2.80. The zero-order valence-corrected chi connectivity index (χ0v) is 20.6. The van der Waals surface area contributed by atoms with Crippen LogP contribution in [0.5, 0.6) is 0 Å². The van der Waals surface area contributed by atoms with E-state index in [1.54, 1.807) is 44.0 Å². The molecule has 3 N–H and O–H groups in total. The highest BCUT2D eigenvalue weighted by Gasteiger charge is 2.51. The molecular weight excluding hydrogens is 454 g/mol. The average molecular weight is 486 g/mol. The van der Waals surface area contributed by atoms with Crippen molar-refractivity contribution in [2.24, 2.45) is 11.3 Å². The molecule has 1 amide bonds. The van der Waals surface area contributed by atoms with Crippen molar-refractivity contribution in [2.75, 3.05) is 25.5 Å². The molecule has 9 heteroatoms. The van der Waals surface area contributed by atoms with Crippen molar-refractivity contribution in [1.29, 1.82) is 0 Å². The van der Waals surface area contributed by atoms with Gasteiger partial charge in [0.2, 0.25) is 5.91 Å². The number of nitrogens with one attached hydrogen (secondary N) is 3. The Morgan fingerprint density at radius 1 is 1.14 bits per heavy atom. The lowest BCUT2D eigenvalue weighted by Crippen LogP contribution is -2.45. The monoisotopic (exact) mass is 485 g/mol. The van der Waals surface area contributed by atoms with Crippen LogP contribution >= 0.6 is 0 Å². The van der Waals surface area contributed by atoms with Gasteiger partial charge in [-0.15, -0.1) is 0 Å². The van der Waals surface area contributed by atoms with E-state index in [9.17, 15) is 9.59 Å². The maximum atomic E-state index is 13.2. The topological polar surface area (TPSA) is 122 Å². The van der Waals surface area contributed by atoms with E-state index in [4.69, 9.17) is 4.98 Å². The number of carbonyl (C=O) groups excluding carboxylic acids is 2. The van der Waals surface area contributed by atoms with Crippen LogP contribution in [0.4, 0.5) is 11.5 Å². The Kier molecular flexibility index (Phi) is 6.73. The van der Waals surface area contributed by atoms with Crippen molar-refractivity contribution in [3.05, 3.63) is 60.3 Å². The minimum atomic E-state index is -0.211. The molecule has 3 atom stereocenters. The van der Waals surface area contributed by atoms with Crippen molar-refractivity contribution in [2.45, 2.75) is 38.5 Å². The van der Waals surface area contributed by atoms with Crippen LogP contribution in [0.15, 0.2) is 49.1 Å². The summed E-state index contributed by atoms with van der Waals surface area (Å²) >= 11 is 0. The molecule has 0 radical (unpaired) electrons. The van der Waals surface area contributed by atoms with Gasteiger partial charge in [0.25, 0.3) is 0 Å². The third-order valence-corrected chi connectivity index (χ3v) is 7.57. The van der Waals surface area contributed by atoms with E-state index in [0.29, 0.717) is 22.9 Å². The third kappa shape index (κ3) is 4.58. The molecule has 1 spiro atoms. The first-order valence-electron chi connectivity index (χ1n) is 12.4. The van der Waals surface area contributed by atoms with Gasteiger partial charge in [0.1, 0.15) is 5.82 Å². The molecule has 186 valence electrons. The fraction of sp³-hybridized carbons (Fsp3) is 0.407. The molecule has 2 aliphatic rings. The molecule has 3 aromatic heterocycles. The molecule has 3 aromatic rings. The minimum Gasteiger partial charge on any atom is -0.359 e. The van der Waals surface area contributed by atoms with Crippen LogP contribution in [0.25, 0.3) is 11.4 Å². The van der Waals surface area contributed by atoms with Crippen LogP contribution in [-0.2, 0) is 4.79 Å². The first-order valence-corrected chi connectivity index (χ1v) is 12.4. The molecule has 5 rings (SSSR count). The van der Waals surface area contributed by atoms with Gasteiger partial charge in [-0.25, -0.2) is 15.0 Å². The summed E-state index contributed by atoms with van der Waals surface area (Å²) in [5.74, 6) is 0.779. The summed E-state index contributed by atoms with van der Waals surface area (Å²) in [4.78, 5) is 43.5. The number of nitrogens with zero attached hydrogens (tertiary/aromatic N) is 4. The van der Waals surface area contributed by atoms with E-state index in [2.05, 4.69) is 30.9 Å². The Balaban J connectivity index is 1.66. The molecule has 1 saturated heterocycles. The Bertz CT molecular complexity index is 1260. The number of Topliss-reactive ketones (excluding diaryl/α,β-unsaturated/α-hetero) is 1. The SMILES string of the molecule is CNC(=O)C1CCCC2(CCNC2)C1c1nc(-c2cccnc2)ncc1Nc1cc(C(C)=O)ccn1. The molecule has 3 unspecified atom stereocenters. The van der Waals surface area contributed by atoms with Crippen LogP contribution < -0.4 is 16.0 Å². The second-order valence-electron chi connectivity index (χ2n) is 9.72. The number of rotatable bonds is 6. The number of amides is 1. The predicted octanol–water partition coefficient (Wildman–Crippen LogP) is 3.49. The van der Waals surface area contributed by atoms with Gasteiger partial charge < -0.3 is 16.0 Å². The average Bonchev–Trinajstić information content (AvgIpc) is 3.37. The minimum absolute atomic E-state index is 0.0354. The molecule has 36 heavy (non-hydrogen) atoms. The van der Waals surface area contributed by atoms with E-state index in [0.717, 1.165) is 50.0 Å². The fourth-order valence-electron chi connectivity index (χ4n) is 5.83. The van der Waals surface area contributed by atoms with Crippen molar-refractivity contribution in [3.63, 3.8) is 0 Å². The maximum Gasteiger partial charge on any atom is 0.223 e. The quantitative estimate of drug-likeness (QED) is 0.454. The summed E-state index contributed by atoms with van der Waals surface area (Å²) in [6.07, 6.45) is 10.6. The standard InChI is InChI=1S/C27H31N7O2/c1-17(35)18-7-11-31-22(13-18)33-21-15-32-25(19-5-4-10-29-14-19)34-24(21)23-20(26(36)28-2)6-3-8-27(23)9-12-30-16-27/h4-5,7,10-11,13-15,20,23,30H,3,6,8-9,12,16H2,1-2H3,(H,28,36)(H,31,33). The van der Waals surface area contributed by atoms with E-state index in [1.807, 2.05) is 12.1 Å². The van der Waals surface area contributed by atoms with Crippen molar-refractivity contribution >= 4 is 23.2 Å². The molecule has 2 fully saturated rings. The number of anilines is 2. The highest BCUT2D eigenvalue weighted by Crippen LogP contribution is 2.54. The summed E-state index contributed by atoms with van der Waals surface area (Å²) in [5, 5.41) is 9.80. The lowest BCUT2D eigenvalue weighted by molar-refractivity contribution is -0.128. The molecule has 1 aliphatic heterocycles. The normalized spacial score (nSPS) is 23.4. The molecule has 0 bridgehead atoms. The molecule has 1 aliphatic carbocycles. The number of pyridine rings is 2. The predicted molar refractivity (Wildman–Crippen MR) is 137 cm³/mol. The van der Waals surface area contributed by atoms with Crippen LogP contribution in [0.3, 0.4) is 0 Å². The number of hydrogen-bond acceptors (Lipinski definition) is 8. The van der Waals surface area contributed by atoms with E-state index < -0.39 is 0 Å². The summed E-state index contributed by atoms with van der Waals surface area (Å²) in [7, 11) is 1.70. The van der Waals surface area contributed by atoms with Gasteiger partial charge in [-0.1, -0.05) is 6.42 Å². The van der Waals surface area contributed by atoms with Gasteiger partial charge >= 0.3 is 0 Å². The summed E-state index contributed by atoms with van der Waals surface area (Å²) in [6, 6.07) is 7.21. The molecule has 9 nitrogen and oxygen atoms in total. The van der Waals surface area contributed by atoms with Gasteiger partial charge in [0.15, 0.2) is 11.6 Å². The van der Waals surface area contributed by atoms with E-state index in [-0.39, 0.29) is 28.9 Å². The van der Waals surface area contributed by atoms with Crippen LogP contribution in [0.1, 0.15) is 54.6 Å². The lowest BCUT2D eigenvalue weighted by atomic mass is 9.59. The summed E-state index contributed by atoms with van der Waals surface area (Å²) in [6.45, 7) is 3.29. The Labute approximate surface area is 210 Å². The van der Waals surface area contributed by atoms with Crippen LogP contribution in [0.2, 0.25) is 0 Å². The second-order valence-corrected chi connectivity index (χ2v) is 9.72. The Morgan fingerprint density at radius 2 is 2.03 bits per heavy atom. The Hall–Kier alpha value is -3.72. The van der Waals surface area contributed by atoms with Gasteiger partial charge in [-0.3, -0.25) is 14.6 Å². The first kappa shape index (κ1) is 24.0. The van der Waals surface area contributed by atoms with Crippen LogP contribution in [0, 0.1) is 11.3 Å². The smallest absolute Gasteiger partial charge is 0.223 e. The lowest BCUT2D eigenvalue weighted by Gasteiger charge is -2.45.